The highest BCUT2D eigenvalue weighted by Crippen LogP contribution is 2.41. The first-order valence-electron chi connectivity index (χ1n) is 6.56. The summed E-state index contributed by atoms with van der Waals surface area (Å²) in [4.78, 5) is 8.59. The molecule has 98 valence electrons. The van der Waals surface area contributed by atoms with Gasteiger partial charge < -0.3 is 11.1 Å². The van der Waals surface area contributed by atoms with Gasteiger partial charge in [-0.05, 0) is 36.3 Å². The molecule has 2 rings (SSSR count). The van der Waals surface area contributed by atoms with Crippen LogP contribution in [0.3, 0.4) is 0 Å². The molecule has 0 amide bonds. The molecule has 0 unspecified atom stereocenters. The second kappa shape index (κ2) is 5.38. The lowest BCUT2D eigenvalue weighted by atomic mass is 9.67. The van der Waals surface area contributed by atoms with E-state index in [1.54, 1.807) is 6.20 Å². The number of nitrogens with zero attached hydrogens (tertiary/aromatic N) is 2. The minimum Gasteiger partial charge on any atom is -0.370 e. The quantitative estimate of drug-likeness (QED) is 0.634. The zero-order valence-corrected chi connectivity index (χ0v) is 11.2. The largest absolute Gasteiger partial charge is 0.370 e. The molecule has 0 radical (unpaired) electrons. The van der Waals surface area contributed by atoms with Gasteiger partial charge in [-0.3, -0.25) is 4.99 Å². The van der Waals surface area contributed by atoms with Gasteiger partial charge in [-0.25, -0.2) is 4.98 Å². The number of nitrogens with one attached hydrogen (secondary N) is 1. The Morgan fingerprint density at radius 1 is 1.50 bits per heavy atom. The Labute approximate surface area is 109 Å². The van der Waals surface area contributed by atoms with Crippen molar-refractivity contribution < 1.29 is 0 Å². The fraction of sp³-hybridized carbons (Fsp3) is 0.571. The summed E-state index contributed by atoms with van der Waals surface area (Å²) >= 11 is 0. The number of aliphatic imine (C=N–C) groups is 1. The molecule has 4 heteroatoms. The highest BCUT2D eigenvalue weighted by Gasteiger charge is 2.33. The van der Waals surface area contributed by atoms with Crippen LogP contribution in [-0.2, 0) is 0 Å². The van der Waals surface area contributed by atoms with E-state index in [-0.39, 0.29) is 5.41 Å². The third-order valence-corrected chi connectivity index (χ3v) is 3.79. The number of hydrogen-bond donors (Lipinski definition) is 2. The van der Waals surface area contributed by atoms with Crippen LogP contribution in [0.1, 0.15) is 33.1 Å². The molecular weight excluding hydrogens is 224 g/mol. The number of pyridine rings is 1. The van der Waals surface area contributed by atoms with Crippen molar-refractivity contribution in [3.05, 3.63) is 24.4 Å². The zero-order chi connectivity index (χ0) is 13.0. The van der Waals surface area contributed by atoms with Crippen molar-refractivity contribution in [3.63, 3.8) is 0 Å². The van der Waals surface area contributed by atoms with Crippen LogP contribution in [0.25, 0.3) is 0 Å². The number of guanidine groups is 1. The highest BCUT2D eigenvalue weighted by molar-refractivity contribution is 5.91. The van der Waals surface area contributed by atoms with Crippen molar-refractivity contribution in [1.29, 1.82) is 0 Å². The average molecular weight is 246 g/mol. The molecule has 1 aromatic rings. The van der Waals surface area contributed by atoms with E-state index in [0.717, 1.165) is 18.3 Å². The monoisotopic (exact) mass is 246 g/mol. The fourth-order valence-corrected chi connectivity index (χ4v) is 2.22. The van der Waals surface area contributed by atoms with Gasteiger partial charge in [-0.1, -0.05) is 26.3 Å². The maximum atomic E-state index is 5.87. The number of aromatic nitrogens is 1. The predicted octanol–water partition coefficient (Wildman–Crippen LogP) is 2.63. The summed E-state index contributed by atoms with van der Waals surface area (Å²) in [5.41, 5.74) is 6.12. The molecule has 3 N–H and O–H groups in total. The maximum absolute atomic E-state index is 5.87. The van der Waals surface area contributed by atoms with E-state index in [0.29, 0.717) is 5.96 Å². The molecule has 1 aliphatic carbocycles. The van der Waals surface area contributed by atoms with Crippen LogP contribution in [0.5, 0.6) is 0 Å². The van der Waals surface area contributed by atoms with Crippen molar-refractivity contribution in [2.45, 2.75) is 33.1 Å². The van der Waals surface area contributed by atoms with Crippen molar-refractivity contribution in [2.75, 3.05) is 11.9 Å². The maximum Gasteiger partial charge on any atom is 0.194 e. The first kappa shape index (κ1) is 12.9. The van der Waals surface area contributed by atoms with E-state index in [2.05, 4.69) is 29.1 Å². The van der Waals surface area contributed by atoms with Crippen LogP contribution in [0.4, 0.5) is 5.82 Å². The summed E-state index contributed by atoms with van der Waals surface area (Å²) in [5.74, 6) is 1.98. The minimum absolute atomic E-state index is 0.245. The van der Waals surface area contributed by atoms with Crippen LogP contribution in [-0.4, -0.2) is 17.5 Å². The summed E-state index contributed by atoms with van der Waals surface area (Å²) in [5, 5.41) is 3.01. The third-order valence-electron chi connectivity index (χ3n) is 3.79. The Hall–Kier alpha value is -1.58. The predicted molar refractivity (Wildman–Crippen MR) is 75.5 cm³/mol. The first-order valence-corrected chi connectivity index (χ1v) is 6.56. The van der Waals surface area contributed by atoms with Gasteiger partial charge in [-0.15, -0.1) is 0 Å². The minimum atomic E-state index is 0.245. The Morgan fingerprint density at radius 3 is 2.83 bits per heavy atom. The third kappa shape index (κ3) is 3.22. The highest BCUT2D eigenvalue weighted by atomic mass is 15.1. The summed E-state index contributed by atoms with van der Waals surface area (Å²) in [6.07, 6.45) is 5.75. The summed E-state index contributed by atoms with van der Waals surface area (Å²) in [7, 11) is 0. The molecule has 0 aliphatic heterocycles. The Balaban J connectivity index is 1.88. The van der Waals surface area contributed by atoms with Crippen molar-refractivity contribution in [1.82, 2.24) is 4.98 Å². The van der Waals surface area contributed by atoms with E-state index >= 15 is 0 Å². The van der Waals surface area contributed by atoms with Crippen molar-refractivity contribution in [3.8, 4) is 0 Å². The molecular formula is C14H22N4. The van der Waals surface area contributed by atoms with Crippen LogP contribution in [0, 0.1) is 11.3 Å². The topological polar surface area (TPSA) is 63.3 Å². The lowest BCUT2D eigenvalue weighted by molar-refractivity contribution is 0.130. The zero-order valence-electron chi connectivity index (χ0n) is 11.2. The average Bonchev–Trinajstić information content (AvgIpc) is 2.25. The summed E-state index contributed by atoms with van der Waals surface area (Å²) in [6, 6.07) is 5.67. The molecule has 0 atom stereocenters. The van der Waals surface area contributed by atoms with Crippen LogP contribution in [0.2, 0.25) is 0 Å². The number of nitrogens with two attached hydrogens (primary N) is 1. The van der Waals surface area contributed by atoms with Crippen molar-refractivity contribution >= 4 is 11.8 Å². The SMILES string of the molecule is CC(C)(CN=C(N)Nc1ccccn1)C1CCC1. The second-order valence-electron chi connectivity index (χ2n) is 5.66. The Bertz CT molecular complexity index is 407. The number of hydrogen-bond acceptors (Lipinski definition) is 2. The molecule has 0 aromatic carbocycles. The van der Waals surface area contributed by atoms with Crippen LogP contribution in [0.15, 0.2) is 29.4 Å². The van der Waals surface area contributed by atoms with Gasteiger partial charge in [0.15, 0.2) is 5.96 Å². The van der Waals surface area contributed by atoms with Gasteiger partial charge in [0.1, 0.15) is 5.82 Å². The number of rotatable bonds is 4. The number of anilines is 1. The molecule has 1 aromatic heterocycles. The molecule has 4 nitrogen and oxygen atoms in total. The molecule has 18 heavy (non-hydrogen) atoms. The Kier molecular flexibility index (Phi) is 3.84. The Morgan fingerprint density at radius 2 is 2.28 bits per heavy atom. The van der Waals surface area contributed by atoms with Gasteiger partial charge in [0.25, 0.3) is 0 Å². The van der Waals surface area contributed by atoms with Gasteiger partial charge in [0.2, 0.25) is 0 Å². The summed E-state index contributed by atoms with van der Waals surface area (Å²) in [6.45, 7) is 5.31. The van der Waals surface area contributed by atoms with E-state index < -0.39 is 0 Å². The second-order valence-corrected chi connectivity index (χ2v) is 5.66. The summed E-state index contributed by atoms with van der Waals surface area (Å²) < 4.78 is 0. The van der Waals surface area contributed by atoms with E-state index in [9.17, 15) is 0 Å². The van der Waals surface area contributed by atoms with E-state index in [4.69, 9.17) is 5.73 Å². The molecule has 1 heterocycles. The molecule has 1 fully saturated rings. The van der Waals surface area contributed by atoms with E-state index in [1.165, 1.54) is 19.3 Å². The van der Waals surface area contributed by atoms with Crippen molar-refractivity contribution in [2.24, 2.45) is 22.1 Å². The fourth-order valence-electron chi connectivity index (χ4n) is 2.22. The van der Waals surface area contributed by atoms with Gasteiger partial charge in [0.05, 0.1) is 0 Å². The first-order chi connectivity index (χ1) is 8.58. The normalized spacial score (nSPS) is 17.3. The molecule has 0 bridgehead atoms. The smallest absolute Gasteiger partial charge is 0.194 e. The van der Waals surface area contributed by atoms with Gasteiger partial charge in [0, 0.05) is 12.7 Å². The van der Waals surface area contributed by atoms with Crippen LogP contribution < -0.4 is 11.1 Å². The van der Waals surface area contributed by atoms with Gasteiger partial charge >= 0.3 is 0 Å². The van der Waals surface area contributed by atoms with Gasteiger partial charge in [-0.2, -0.15) is 0 Å². The molecule has 1 saturated carbocycles. The lowest BCUT2D eigenvalue weighted by Gasteiger charge is -2.39. The van der Waals surface area contributed by atoms with E-state index in [1.807, 2.05) is 18.2 Å². The molecule has 0 spiro atoms. The molecule has 0 saturated heterocycles. The molecule has 1 aliphatic rings. The standard InChI is InChI=1S/C14H22N4/c1-14(2,11-6-5-7-11)10-17-13(15)18-12-8-3-4-9-16-12/h3-4,8-9,11H,5-7,10H2,1-2H3,(H3,15,16,17,18). The van der Waals surface area contributed by atoms with Crippen LogP contribution >= 0.6 is 0 Å². The lowest BCUT2D eigenvalue weighted by Crippen LogP contribution is -2.34.